The number of ether oxygens (including phenoxy) is 1. The number of imide groups is 1. The standard InChI is InChI=1S/C24H23N3O5/c1-31-16-10-8-15(9-11-16)19-13-20(21-7-4-12-32-21)27(25-19)22(28)14-26-23(29)17-5-2-3-6-18(17)24(26)30/h2-4,7-12,17-18,20H,5-6,13-14H2,1H3/t17-,18+,20-/m1/s1. The summed E-state index contributed by atoms with van der Waals surface area (Å²) in [5.41, 5.74) is 1.59. The second-order valence-corrected chi connectivity index (χ2v) is 8.17. The molecule has 3 amide bonds. The molecule has 8 nitrogen and oxygen atoms in total. The number of hydrogen-bond acceptors (Lipinski definition) is 6. The van der Waals surface area contributed by atoms with E-state index in [0.29, 0.717) is 25.0 Å². The first-order valence-corrected chi connectivity index (χ1v) is 10.6. The number of nitrogens with zero attached hydrogens (tertiary/aromatic N) is 3. The molecule has 32 heavy (non-hydrogen) atoms. The molecule has 0 bridgehead atoms. The average molecular weight is 433 g/mol. The van der Waals surface area contributed by atoms with Crippen LogP contribution in [-0.4, -0.2) is 47.0 Å². The maximum Gasteiger partial charge on any atom is 0.263 e. The summed E-state index contributed by atoms with van der Waals surface area (Å²) in [5.74, 6) is -0.358. The Morgan fingerprint density at radius 1 is 1.09 bits per heavy atom. The van der Waals surface area contributed by atoms with Crippen molar-refractivity contribution in [3.05, 3.63) is 66.1 Å². The number of furan rings is 1. The van der Waals surface area contributed by atoms with Crippen LogP contribution in [0.5, 0.6) is 5.75 Å². The van der Waals surface area contributed by atoms with Crippen molar-refractivity contribution in [1.29, 1.82) is 0 Å². The van der Waals surface area contributed by atoms with Gasteiger partial charge in [0.25, 0.3) is 5.91 Å². The number of methoxy groups -OCH3 is 1. The lowest BCUT2D eigenvalue weighted by Crippen LogP contribution is -2.41. The number of amides is 3. The molecule has 164 valence electrons. The first kappa shape index (κ1) is 20.2. The molecule has 0 radical (unpaired) electrons. The minimum Gasteiger partial charge on any atom is -0.497 e. The number of benzene rings is 1. The Morgan fingerprint density at radius 2 is 1.78 bits per heavy atom. The Kier molecular flexibility index (Phi) is 5.13. The fourth-order valence-corrected chi connectivity index (χ4v) is 4.63. The molecule has 5 rings (SSSR count). The number of allylic oxidation sites excluding steroid dienone is 2. The number of hydrogen-bond donors (Lipinski definition) is 0. The van der Waals surface area contributed by atoms with Gasteiger partial charge < -0.3 is 9.15 Å². The van der Waals surface area contributed by atoms with Crippen molar-refractivity contribution in [2.45, 2.75) is 25.3 Å². The number of carbonyl (C=O) groups is 3. The van der Waals surface area contributed by atoms with E-state index in [1.165, 1.54) is 5.01 Å². The van der Waals surface area contributed by atoms with Gasteiger partial charge in [-0.15, -0.1) is 0 Å². The van der Waals surface area contributed by atoms with Crippen LogP contribution < -0.4 is 4.74 Å². The molecule has 0 saturated carbocycles. The van der Waals surface area contributed by atoms with Crippen molar-refractivity contribution in [1.82, 2.24) is 9.91 Å². The molecule has 3 aliphatic rings. The number of likely N-dealkylation sites (tertiary alicyclic amines) is 1. The van der Waals surface area contributed by atoms with E-state index in [1.54, 1.807) is 25.5 Å². The normalized spacial score (nSPS) is 24.7. The first-order valence-electron chi connectivity index (χ1n) is 10.6. The summed E-state index contributed by atoms with van der Waals surface area (Å²) >= 11 is 0. The van der Waals surface area contributed by atoms with E-state index in [9.17, 15) is 14.4 Å². The molecule has 2 aromatic rings. The molecule has 2 aliphatic heterocycles. The molecule has 1 saturated heterocycles. The van der Waals surface area contributed by atoms with Crippen molar-refractivity contribution in [3.63, 3.8) is 0 Å². The number of carbonyl (C=O) groups excluding carboxylic acids is 3. The van der Waals surface area contributed by atoms with Crippen LogP contribution in [0.1, 0.15) is 36.6 Å². The molecule has 1 aromatic carbocycles. The maximum absolute atomic E-state index is 13.3. The van der Waals surface area contributed by atoms with Crippen molar-refractivity contribution >= 4 is 23.4 Å². The summed E-state index contributed by atoms with van der Waals surface area (Å²) in [6, 6.07) is 10.6. The lowest BCUT2D eigenvalue weighted by atomic mass is 9.85. The summed E-state index contributed by atoms with van der Waals surface area (Å²) in [5, 5.41) is 5.92. The smallest absolute Gasteiger partial charge is 0.263 e. The summed E-state index contributed by atoms with van der Waals surface area (Å²) in [6.07, 6.45) is 6.95. The molecule has 0 spiro atoms. The van der Waals surface area contributed by atoms with E-state index in [1.807, 2.05) is 36.4 Å². The summed E-state index contributed by atoms with van der Waals surface area (Å²) in [6.45, 7) is -0.318. The summed E-state index contributed by atoms with van der Waals surface area (Å²) < 4.78 is 10.8. The van der Waals surface area contributed by atoms with E-state index in [4.69, 9.17) is 9.15 Å². The van der Waals surface area contributed by atoms with Crippen LogP contribution in [0.2, 0.25) is 0 Å². The van der Waals surface area contributed by atoms with Crippen LogP contribution in [0.4, 0.5) is 0 Å². The number of fused-ring (bicyclic) bond motifs is 1. The fourth-order valence-electron chi connectivity index (χ4n) is 4.63. The molecule has 1 aromatic heterocycles. The third kappa shape index (κ3) is 3.41. The molecule has 0 N–H and O–H groups in total. The van der Waals surface area contributed by atoms with Gasteiger partial charge in [-0.2, -0.15) is 5.10 Å². The van der Waals surface area contributed by atoms with Crippen LogP contribution in [0.25, 0.3) is 0 Å². The monoisotopic (exact) mass is 433 g/mol. The lowest BCUT2D eigenvalue weighted by molar-refractivity contribution is -0.147. The maximum atomic E-state index is 13.3. The zero-order valence-electron chi connectivity index (χ0n) is 17.6. The zero-order valence-corrected chi connectivity index (χ0v) is 17.6. The van der Waals surface area contributed by atoms with E-state index < -0.39 is 11.9 Å². The Bertz CT molecular complexity index is 1080. The third-order valence-electron chi connectivity index (χ3n) is 6.35. The second kappa shape index (κ2) is 8.11. The number of rotatable bonds is 5. The molecule has 1 aliphatic carbocycles. The SMILES string of the molecule is COc1ccc(C2=NN(C(=O)CN3C(=O)[C@H]4CC=CC[C@H]4C3=O)[C@@H](c3ccco3)C2)cc1. The predicted octanol–water partition coefficient (Wildman–Crippen LogP) is 2.92. The molecular formula is C24H23N3O5. The van der Waals surface area contributed by atoms with Crippen LogP contribution in [0.3, 0.4) is 0 Å². The van der Waals surface area contributed by atoms with Gasteiger partial charge in [0.05, 0.1) is 30.9 Å². The van der Waals surface area contributed by atoms with E-state index in [-0.39, 0.29) is 30.2 Å². The molecule has 3 heterocycles. The van der Waals surface area contributed by atoms with Gasteiger partial charge >= 0.3 is 0 Å². The highest BCUT2D eigenvalue weighted by Gasteiger charge is 2.48. The first-order chi connectivity index (χ1) is 15.6. The fraction of sp³-hybridized carbons (Fsp3) is 0.333. The topological polar surface area (TPSA) is 92.4 Å². The third-order valence-corrected chi connectivity index (χ3v) is 6.35. The van der Waals surface area contributed by atoms with Crippen molar-refractivity contribution < 1.29 is 23.5 Å². The second-order valence-electron chi connectivity index (χ2n) is 8.17. The van der Waals surface area contributed by atoms with Gasteiger partial charge in [-0.1, -0.05) is 12.2 Å². The van der Waals surface area contributed by atoms with Crippen molar-refractivity contribution in [2.24, 2.45) is 16.9 Å². The van der Waals surface area contributed by atoms with Crippen LogP contribution in [0, 0.1) is 11.8 Å². The molecular weight excluding hydrogens is 410 g/mol. The van der Waals surface area contributed by atoms with Crippen LogP contribution in [0.15, 0.2) is 64.3 Å². The van der Waals surface area contributed by atoms with E-state index in [2.05, 4.69) is 5.10 Å². The van der Waals surface area contributed by atoms with Gasteiger partial charge in [-0.3, -0.25) is 19.3 Å². The van der Waals surface area contributed by atoms with Crippen molar-refractivity contribution in [2.75, 3.05) is 13.7 Å². The van der Waals surface area contributed by atoms with Crippen LogP contribution >= 0.6 is 0 Å². The van der Waals surface area contributed by atoms with Gasteiger partial charge in [0.2, 0.25) is 11.8 Å². The quantitative estimate of drug-likeness (QED) is 0.534. The Balaban J connectivity index is 1.40. The lowest BCUT2D eigenvalue weighted by Gasteiger charge is -2.22. The van der Waals surface area contributed by atoms with E-state index >= 15 is 0 Å². The summed E-state index contributed by atoms with van der Waals surface area (Å²) in [7, 11) is 1.60. The van der Waals surface area contributed by atoms with E-state index in [0.717, 1.165) is 21.9 Å². The van der Waals surface area contributed by atoms with Gasteiger partial charge in [-0.05, 0) is 54.8 Å². The predicted molar refractivity (Wildman–Crippen MR) is 115 cm³/mol. The largest absolute Gasteiger partial charge is 0.497 e. The van der Waals surface area contributed by atoms with Gasteiger partial charge in [0, 0.05) is 6.42 Å². The molecule has 8 heteroatoms. The molecule has 0 unspecified atom stereocenters. The Labute approximate surface area is 185 Å². The van der Waals surface area contributed by atoms with Crippen molar-refractivity contribution in [3.8, 4) is 5.75 Å². The highest BCUT2D eigenvalue weighted by atomic mass is 16.5. The minimum absolute atomic E-state index is 0.272. The zero-order chi connectivity index (χ0) is 22.2. The average Bonchev–Trinajstić information content (AvgIpc) is 3.55. The van der Waals surface area contributed by atoms with Gasteiger partial charge in [0.15, 0.2) is 0 Å². The highest BCUT2D eigenvalue weighted by Crippen LogP contribution is 2.37. The van der Waals surface area contributed by atoms with Gasteiger partial charge in [-0.25, -0.2) is 5.01 Å². The Hall–Kier alpha value is -3.68. The highest BCUT2D eigenvalue weighted by molar-refractivity contribution is 6.08. The van der Waals surface area contributed by atoms with Crippen LogP contribution in [-0.2, 0) is 14.4 Å². The minimum atomic E-state index is -0.439. The van der Waals surface area contributed by atoms with Gasteiger partial charge in [0.1, 0.15) is 24.1 Å². The molecule has 3 atom stereocenters. The Morgan fingerprint density at radius 3 is 2.38 bits per heavy atom. The molecule has 1 fully saturated rings. The summed E-state index contributed by atoms with van der Waals surface area (Å²) in [4.78, 5) is 40.0. The number of hydrazone groups is 1.